The van der Waals surface area contributed by atoms with Crippen LogP contribution in [-0.2, 0) is 4.79 Å². The van der Waals surface area contributed by atoms with Crippen molar-refractivity contribution in [1.29, 1.82) is 0 Å². The Kier molecular flexibility index (Phi) is 5.38. The third kappa shape index (κ3) is 4.12. The molecular formula is C17H14N2O5S2. The summed E-state index contributed by atoms with van der Waals surface area (Å²) in [4.78, 5) is 36.6. The van der Waals surface area contributed by atoms with E-state index in [9.17, 15) is 19.7 Å². The molecule has 1 aromatic heterocycles. The minimum absolute atomic E-state index is 0.0121. The molecule has 2 aromatic rings. The predicted molar refractivity (Wildman–Crippen MR) is 100 cm³/mol. The molecule has 0 unspecified atom stereocenters. The Balaban J connectivity index is 1.61. The number of nitrogens with zero attached hydrogens (tertiary/aromatic N) is 2. The molecule has 2 heterocycles. The highest BCUT2D eigenvalue weighted by Crippen LogP contribution is 2.34. The van der Waals surface area contributed by atoms with E-state index in [1.165, 1.54) is 12.1 Å². The van der Waals surface area contributed by atoms with Gasteiger partial charge in [-0.05, 0) is 43.0 Å². The van der Waals surface area contributed by atoms with Gasteiger partial charge in [-0.3, -0.25) is 24.6 Å². The molecule has 2 amide bonds. The van der Waals surface area contributed by atoms with Gasteiger partial charge < -0.3 is 4.74 Å². The summed E-state index contributed by atoms with van der Waals surface area (Å²) in [5.41, 5.74) is 1.11. The summed E-state index contributed by atoms with van der Waals surface area (Å²) in [7, 11) is 0. The van der Waals surface area contributed by atoms with Crippen LogP contribution in [0.4, 0.5) is 9.80 Å². The predicted octanol–water partition coefficient (Wildman–Crippen LogP) is 4.08. The van der Waals surface area contributed by atoms with Gasteiger partial charge in [0.15, 0.2) is 0 Å². The zero-order chi connectivity index (χ0) is 18.7. The van der Waals surface area contributed by atoms with Gasteiger partial charge in [0.05, 0.1) is 16.4 Å². The highest BCUT2D eigenvalue weighted by atomic mass is 32.2. The second kappa shape index (κ2) is 7.71. The molecule has 0 aliphatic carbocycles. The Bertz CT molecular complexity index is 889. The van der Waals surface area contributed by atoms with Crippen LogP contribution in [0.2, 0.25) is 0 Å². The van der Waals surface area contributed by atoms with E-state index in [0.717, 1.165) is 33.6 Å². The van der Waals surface area contributed by atoms with Gasteiger partial charge in [0.25, 0.3) is 11.1 Å². The topological polar surface area (TPSA) is 89.8 Å². The van der Waals surface area contributed by atoms with Gasteiger partial charge in [0.1, 0.15) is 12.4 Å². The van der Waals surface area contributed by atoms with Gasteiger partial charge >= 0.3 is 5.00 Å². The van der Waals surface area contributed by atoms with Crippen LogP contribution in [0.15, 0.2) is 41.3 Å². The third-order valence-electron chi connectivity index (χ3n) is 3.54. The maximum atomic E-state index is 12.4. The van der Waals surface area contributed by atoms with E-state index in [2.05, 4.69) is 0 Å². The molecule has 26 heavy (non-hydrogen) atoms. The SMILES string of the molecule is Cc1ccc(OCCN2C(=O)S/C(=C\c3ccc([N+](=O)[O-])s3)C2=O)cc1. The average Bonchev–Trinajstić information content (AvgIpc) is 3.17. The van der Waals surface area contributed by atoms with Crippen LogP contribution in [0.1, 0.15) is 10.4 Å². The van der Waals surface area contributed by atoms with Gasteiger partial charge in [0, 0.05) is 10.9 Å². The second-order valence-corrected chi connectivity index (χ2v) is 7.51. The molecule has 1 aliphatic rings. The number of imide groups is 1. The Labute approximate surface area is 157 Å². The fourth-order valence-corrected chi connectivity index (χ4v) is 3.92. The van der Waals surface area contributed by atoms with Gasteiger partial charge in [0.2, 0.25) is 0 Å². The number of hydrogen-bond acceptors (Lipinski definition) is 7. The van der Waals surface area contributed by atoms with Gasteiger partial charge in [-0.15, -0.1) is 0 Å². The number of thiophene rings is 1. The first-order valence-corrected chi connectivity index (χ1v) is 9.26. The number of carbonyl (C=O) groups is 2. The fraction of sp³-hybridized carbons (Fsp3) is 0.176. The Hall–Kier alpha value is -2.65. The van der Waals surface area contributed by atoms with Gasteiger partial charge in [-0.1, -0.05) is 29.0 Å². The largest absolute Gasteiger partial charge is 0.492 e. The van der Waals surface area contributed by atoms with Crippen molar-refractivity contribution < 1.29 is 19.2 Å². The molecule has 0 atom stereocenters. The maximum Gasteiger partial charge on any atom is 0.324 e. The van der Waals surface area contributed by atoms with Crippen molar-refractivity contribution in [3.63, 3.8) is 0 Å². The standard InChI is InChI=1S/C17H14N2O5S2/c1-11-2-4-12(5-3-11)24-9-8-18-16(20)14(26-17(18)21)10-13-6-7-15(25-13)19(22)23/h2-7,10H,8-9H2,1H3/b14-10-. The third-order valence-corrected chi connectivity index (χ3v) is 5.44. The zero-order valence-electron chi connectivity index (χ0n) is 13.7. The van der Waals surface area contributed by atoms with Crippen LogP contribution in [0, 0.1) is 17.0 Å². The van der Waals surface area contributed by atoms with Crippen molar-refractivity contribution in [1.82, 2.24) is 4.90 Å². The lowest BCUT2D eigenvalue weighted by Gasteiger charge is -2.13. The molecule has 0 spiro atoms. The van der Waals surface area contributed by atoms with Crippen LogP contribution < -0.4 is 4.74 Å². The molecule has 1 saturated heterocycles. The van der Waals surface area contributed by atoms with Crippen molar-refractivity contribution in [3.05, 3.63) is 61.9 Å². The van der Waals surface area contributed by atoms with Crippen molar-refractivity contribution in [3.8, 4) is 5.75 Å². The van der Waals surface area contributed by atoms with Crippen molar-refractivity contribution in [2.45, 2.75) is 6.92 Å². The van der Waals surface area contributed by atoms with Crippen molar-refractivity contribution in [2.24, 2.45) is 0 Å². The lowest BCUT2D eigenvalue weighted by atomic mass is 10.2. The summed E-state index contributed by atoms with van der Waals surface area (Å²) in [6.07, 6.45) is 1.50. The van der Waals surface area contributed by atoms with Crippen LogP contribution in [0.3, 0.4) is 0 Å². The summed E-state index contributed by atoms with van der Waals surface area (Å²) in [6, 6.07) is 10.4. The summed E-state index contributed by atoms with van der Waals surface area (Å²) < 4.78 is 5.56. The summed E-state index contributed by atoms with van der Waals surface area (Å²) in [6.45, 7) is 2.30. The molecule has 7 nitrogen and oxygen atoms in total. The number of hydrogen-bond donors (Lipinski definition) is 0. The second-order valence-electron chi connectivity index (χ2n) is 5.43. The molecule has 9 heteroatoms. The quantitative estimate of drug-likeness (QED) is 0.419. The minimum Gasteiger partial charge on any atom is -0.492 e. The van der Waals surface area contributed by atoms with E-state index in [0.29, 0.717) is 10.6 Å². The number of ether oxygens (including phenoxy) is 1. The maximum absolute atomic E-state index is 12.4. The molecule has 1 fully saturated rings. The van der Waals surface area contributed by atoms with Crippen LogP contribution in [0.5, 0.6) is 5.75 Å². The molecular weight excluding hydrogens is 376 g/mol. The molecule has 1 aliphatic heterocycles. The first kappa shape index (κ1) is 18.2. The molecule has 0 radical (unpaired) electrons. The molecule has 0 N–H and O–H groups in total. The summed E-state index contributed by atoms with van der Waals surface area (Å²) in [5, 5.41) is 10.3. The van der Waals surface area contributed by atoms with E-state index in [-0.39, 0.29) is 28.3 Å². The number of benzene rings is 1. The first-order valence-electron chi connectivity index (χ1n) is 7.63. The number of nitro groups is 1. The number of rotatable bonds is 6. The average molecular weight is 390 g/mol. The van der Waals surface area contributed by atoms with Gasteiger partial charge in [-0.2, -0.15) is 0 Å². The minimum atomic E-state index is -0.490. The number of amides is 2. The Morgan fingerprint density at radius 3 is 2.58 bits per heavy atom. The van der Waals surface area contributed by atoms with Crippen molar-refractivity contribution >= 4 is 45.3 Å². The summed E-state index contributed by atoms with van der Waals surface area (Å²) >= 11 is 1.78. The Morgan fingerprint density at radius 1 is 1.19 bits per heavy atom. The fourth-order valence-electron chi connectivity index (χ4n) is 2.23. The van der Waals surface area contributed by atoms with Gasteiger partial charge in [-0.25, -0.2) is 0 Å². The van der Waals surface area contributed by atoms with E-state index in [4.69, 9.17) is 4.74 Å². The highest BCUT2D eigenvalue weighted by Gasteiger charge is 2.35. The zero-order valence-corrected chi connectivity index (χ0v) is 15.3. The Morgan fingerprint density at radius 2 is 1.92 bits per heavy atom. The number of thioether (sulfide) groups is 1. The first-order chi connectivity index (χ1) is 12.4. The van der Waals surface area contributed by atoms with E-state index in [1.54, 1.807) is 6.07 Å². The normalized spacial score (nSPS) is 15.7. The van der Waals surface area contributed by atoms with E-state index < -0.39 is 10.8 Å². The molecule has 0 bridgehead atoms. The van der Waals surface area contributed by atoms with Crippen LogP contribution in [0.25, 0.3) is 6.08 Å². The molecule has 3 rings (SSSR count). The lowest BCUT2D eigenvalue weighted by molar-refractivity contribution is -0.380. The lowest BCUT2D eigenvalue weighted by Crippen LogP contribution is -2.32. The van der Waals surface area contributed by atoms with E-state index in [1.807, 2.05) is 31.2 Å². The number of carbonyl (C=O) groups excluding carboxylic acids is 2. The van der Waals surface area contributed by atoms with Crippen LogP contribution >= 0.6 is 23.1 Å². The molecule has 1 aromatic carbocycles. The van der Waals surface area contributed by atoms with Crippen LogP contribution in [-0.4, -0.2) is 34.1 Å². The molecule has 0 saturated carbocycles. The molecule has 134 valence electrons. The van der Waals surface area contributed by atoms with Crippen molar-refractivity contribution in [2.75, 3.05) is 13.2 Å². The summed E-state index contributed by atoms with van der Waals surface area (Å²) in [5.74, 6) is 0.257. The monoisotopic (exact) mass is 390 g/mol. The highest BCUT2D eigenvalue weighted by molar-refractivity contribution is 8.18. The number of aryl methyl sites for hydroxylation is 1. The smallest absolute Gasteiger partial charge is 0.324 e. The van der Waals surface area contributed by atoms with E-state index >= 15 is 0 Å².